The molecule has 15 heavy (non-hydrogen) atoms. The average Bonchev–Trinajstić information content (AvgIpc) is 2.30. The van der Waals surface area contributed by atoms with Crippen molar-refractivity contribution in [2.75, 3.05) is 29.5 Å². The van der Waals surface area contributed by atoms with Crippen LogP contribution in [0.3, 0.4) is 0 Å². The Labute approximate surface area is 100 Å². The van der Waals surface area contributed by atoms with Crippen molar-refractivity contribution < 1.29 is 0 Å². The molecule has 82 valence electrons. The summed E-state index contributed by atoms with van der Waals surface area (Å²) >= 11 is 7.80. The molecule has 2 rings (SSSR count). The summed E-state index contributed by atoms with van der Waals surface area (Å²) in [5.41, 5.74) is 2.34. The molecular formula is C11H15ClN2S. The molecule has 0 amide bonds. The van der Waals surface area contributed by atoms with Crippen molar-refractivity contribution >= 4 is 29.2 Å². The lowest BCUT2D eigenvalue weighted by molar-refractivity contribution is 0.833. The Bertz CT molecular complexity index is 337. The second-order valence-electron chi connectivity index (χ2n) is 3.72. The van der Waals surface area contributed by atoms with Gasteiger partial charge in [0, 0.05) is 36.7 Å². The fourth-order valence-corrected chi connectivity index (χ4v) is 2.85. The third kappa shape index (κ3) is 2.58. The fraction of sp³-hybridized carbons (Fsp3) is 0.545. The lowest BCUT2D eigenvalue weighted by Crippen LogP contribution is -2.33. The summed E-state index contributed by atoms with van der Waals surface area (Å²) in [7, 11) is 0. The number of hydrogen-bond donors (Lipinski definition) is 0. The number of aryl methyl sites for hydroxylation is 1. The van der Waals surface area contributed by atoms with Crippen molar-refractivity contribution in [2.24, 2.45) is 0 Å². The Morgan fingerprint density at radius 2 is 2.20 bits per heavy atom. The van der Waals surface area contributed by atoms with Gasteiger partial charge in [0.1, 0.15) is 5.82 Å². The van der Waals surface area contributed by atoms with Gasteiger partial charge in [0.25, 0.3) is 0 Å². The molecular weight excluding hydrogens is 228 g/mol. The van der Waals surface area contributed by atoms with Crippen LogP contribution in [0.15, 0.2) is 12.3 Å². The largest absolute Gasteiger partial charge is 0.355 e. The molecule has 4 heteroatoms. The van der Waals surface area contributed by atoms with E-state index in [1.54, 1.807) is 0 Å². The lowest BCUT2D eigenvalue weighted by atomic mass is 10.2. The zero-order chi connectivity index (χ0) is 10.7. The van der Waals surface area contributed by atoms with E-state index in [0.717, 1.165) is 24.5 Å². The van der Waals surface area contributed by atoms with Crippen molar-refractivity contribution in [3.63, 3.8) is 0 Å². The zero-order valence-corrected chi connectivity index (χ0v) is 10.4. The summed E-state index contributed by atoms with van der Waals surface area (Å²) < 4.78 is 0. The monoisotopic (exact) mass is 242 g/mol. The van der Waals surface area contributed by atoms with Gasteiger partial charge >= 0.3 is 0 Å². The average molecular weight is 243 g/mol. The van der Waals surface area contributed by atoms with Gasteiger partial charge in [-0.1, -0.05) is 0 Å². The highest BCUT2D eigenvalue weighted by Gasteiger charge is 2.14. The maximum atomic E-state index is 5.78. The van der Waals surface area contributed by atoms with E-state index in [0.29, 0.717) is 5.88 Å². The third-order valence-corrected chi connectivity index (χ3v) is 3.82. The summed E-state index contributed by atoms with van der Waals surface area (Å²) in [6.45, 7) is 4.33. The summed E-state index contributed by atoms with van der Waals surface area (Å²) in [5, 5.41) is 0. The molecule has 1 aliphatic heterocycles. The first-order valence-electron chi connectivity index (χ1n) is 5.15. The highest BCUT2D eigenvalue weighted by atomic mass is 35.5. The molecule has 2 nitrogen and oxygen atoms in total. The number of hydrogen-bond acceptors (Lipinski definition) is 3. The van der Waals surface area contributed by atoms with E-state index in [1.165, 1.54) is 17.1 Å². The highest BCUT2D eigenvalue weighted by Crippen LogP contribution is 2.21. The summed E-state index contributed by atoms with van der Waals surface area (Å²) in [6, 6.07) is 2.14. The van der Waals surface area contributed by atoms with E-state index in [1.807, 2.05) is 18.0 Å². The second-order valence-corrected chi connectivity index (χ2v) is 5.21. The van der Waals surface area contributed by atoms with Gasteiger partial charge in [-0.3, -0.25) is 0 Å². The van der Waals surface area contributed by atoms with Crippen LogP contribution in [0.25, 0.3) is 0 Å². The van der Waals surface area contributed by atoms with E-state index in [4.69, 9.17) is 11.6 Å². The highest BCUT2D eigenvalue weighted by molar-refractivity contribution is 7.99. The van der Waals surface area contributed by atoms with Gasteiger partial charge in [0.15, 0.2) is 0 Å². The van der Waals surface area contributed by atoms with Crippen molar-refractivity contribution in [1.29, 1.82) is 0 Å². The van der Waals surface area contributed by atoms with Gasteiger partial charge in [0.2, 0.25) is 0 Å². The van der Waals surface area contributed by atoms with Crippen LogP contribution < -0.4 is 4.90 Å². The van der Waals surface area contributed by atoms with Gasteiger partial charge in [-0.2, -0.15) is 11.8 Å². The molecule has 0 atom stereocenters. The molecule has 1 aromatic heterocycles. The van der Waals surface area contributed by atoms with E-state index >= 15 is 0 Å². The van der Waals surface area contributed by atoms with Gasteiger partial charge in [-0.05, 0) is 24.1 Å². The smallest absolute Gasteiger partial charge is 0.131 e. The van der Waals surface area contributed by atoms with E-state index < -0.39 is 0 Å². The van der Waals surface area contributed by atoms with E-state index in [2.05, 4.69) is 22.9 Å². The molecule has 0 aromatic carbocycles. The molecule has 2 heterocycles. The predicted molar refractivity (Wildman–Crippen MR) is 68.1 cm³/mol. The van der Waals surface area contributed by atoms with E-state index in [-0.39, 0.29) is 0 Å². The molecule has 0 saturated carbocycles. The topological polar surface area (TPSA) is 16.1 Å². The first-order valence-corrected chi connectivity index (χ1v) is 6.84. The van der Waals surface area contributed by atoms with Crippen LogP contribution in [-0.2, 0) is 5.88 Å². The molecule has 1 fully saturated rings. The zero-order valence-electron chi connectivity index (χ0n) is 8.87. The third-order valence-electron chi connectivity index (χ3n) is 2.57. The Morgan fingerprint density at radius 3 is 2.80 bits per heavy atom. The molecule has 1 saturated heterocycles. The SMILES string of the molecule is Cc1cc(CCl)cnc1N1CCSCC1. The van der Waals surface area contributed by atoms with E-state index in [9.17, 15) is 0 Å². The number of halogens is 1. The first-order chi connectivity index (χ1) is 7.31. The fourth-order valence-electron chi connectivity index (χ4n) is 1.81. The molecule has 0 radical (unpaired) electrons. The molecule has 0 N–H and O–H groups in total. The molecule has 0 spiro atoms. The van der Waals surface area contributed by atoms with Crippen LogP contribution in [0.2, 0.25) is 0 Å². The number of anilines is 1. The molecule has 0 unspecified atom stereocenters. The molecule has 1 aliphatic rings. The van der Waals surface area contributed by atoms with Crippen LogP contribution in [0.4, 0.5) is 5.82 Å². The van der Waals surface area contributed by atoms with Crippen LogP contribution in [-0.4, -0.2) is 29.6 Å². The molecule has 1 aromatic rings. The second kappa shape index (κ2) is 5.08. The Balaban J connectivity index is 2.19. The Hall–Kier alpha value is -0.410. The minimum atomic E-state index is 0.546. The Morgan fingerprint density at radius 1 is 1.47 bits per heavy atom. The van der Waals surface area contributed by atoms with Crippen molar-refractivity contribution in [3.05, 3.63) is 23.4 Å². The quantitative estimate of drug-likeness (QED) is 0.742. The van der Waals surface area contributed by atoms with Crippen molar-refractivity contribution in [1.82, 2.24) is 4.98 Å². The van der Waals surface area contributed by atoms with Crippen LogP contribution in [0, 0.1) is 6.92 Å². The lowest BCUT2D eigenvalue weighted by Gasteiger charge is -2.28. The van der Waals surface area contributed by atoms with Gasteiger partial charge in [-0.25, -0.2) is 4.98 Å². The number of rotatable bonds is 2. The first kappa shape index (κ1) is 11.1. The predicted octanol–water partition coefficient (Wildman–Crippen LogP) is 2.68. The maximum absolute atomic E-state index is 5.78. The summed E-state index contributed by atoms with van der Waals surface area (Å²) in [5.74, 6) is 4.09. The number of nitrogens with zero attached hydrogens (tertiary/aromatic N) is 2. The maximum Gasteiger partial charge on any atom is 0.131 e. The van der Waals surface area contributed by atoms with Crippen LogP contribution in [0.5, 0.6) is 0 Å². The molecule has 0 aliphatic carbocycles. The summed E-state index contributed by atoms with van der Waals surface area (Å²) in [6.07, 6.45) is 1.89. The number of alkyl halides is 1. The minimum absolute atomic E-state index is 0.546. The summed E-state index contributed by atoms with van der Waals surface area (Å²) in [4.78, 5) is 6.87. The number of aromatic nitrogens is 1. The van der Waals surface area contributed by atoms with Crippen molar-refractivity contribution in [2.45, 2.75) is 12.8 Å². The molecule has 0 bridgehead atoms. The van der Waals surface area contributed by atoms with Crippen molar-refractivity contribution in [3.8, 4) is 0 Å². The van der Waals surface area contributed by atoms with Gasteiger partial charge < -0.3 is 4.90 Å². The van der Waals surface area contributed by atoms with Gasteiger partial charge in [-0.15, -0.1) is 11.6 Å². The number of thioether (sulfide) groups is 1. The van der Waals surface area contributed by atoms with Crippen LogP contribution in [0.1, 0.15) is 11.1 Å². The standard InChI is InChI=1S/C11H15ClN2S/c1-9-6-10(7-12)8-13-11(9)14-2-4-15-5-3-14/h6,8H,2-5,7H2,1H3. The number of pyridine rings is 1. The minimum Gasteiger partial charge on any atom is -0.355 e. The normalized spacial score (nSPS) is 16.8. The van der Waals surface area contributed by atoms with Crippen LogP contribution >= 0.6 is 23.4 Å². The van der Waals surface area contributed by atoms with Gasteiger partial charge in [0.05, 0.1) is 0 Å². The Kier molecular flexibility index (Phi) is 3.76.